The maximum absolute atomic E-state index is 12.0. The van der Waals surface area contributed by atoms with Gasteiger partial charge in [-0.25, -0.2) is 0 Å². The molecule has 1 heterocycles. The fourth-order valence-electron chi connectivity index (χ4n) is 1.75. The van der Waals surface area contributed by atoms with E-state index < -0.39 is 0 Å². The molecule has 7 nitrogen and oxygen atoms in total. The number of carbonyl (C=O) groups is 2. The first kappa shape index (κ1) is 17.0. The number of rotatable bonds is 8. The van der Waals surface area contributed by atoms with Gasteiger partial charge in [0.2, 0.25) is 10.9 Å². The van der Waals surface area contributed by atoms with Gasteiger partial charge in [-0.1, -0.05) is 29.5 Å². The molecule has 0 aliphatic heterocycles. The number of para-hydroxylation sites is 1. The summed E-state index contributed by atoms with van der Waals surface area (Å²) in [7, 11) is 1.58. The van der Waals surface area contributed by atoms with Crippen LogP contribution in [0.15, 0.2) is 30.3 Å². The molecule has 122 valence electrons. The molecule has 2 N–H and O–H groups in total. The Morgan fingerprint density at radius 1 is 1.22 bits per heavy atom. The standard InChI is InChI=1S/C15H18N4O3S/c1-22-10-9-16-12(20)7-8-13-18-19-15(23-13)14(21)17-11-5-3-2-4-6-11/h2-6H,7-10H2,1H3,(H,16,20)(H,17,21). The Labute approximate surface area is 138 Å². The van der Waals surface area contributed by atoms with Crippen LogP contribution >= 0.6 is 11.3 Å². The number of carbonyl (C=O) groups excluding carboxylic acids is 2. The lowest BCUT2D eigenvalue weighted by Gasteiger charge is -2.02. The Hall–Kier alpha value is -2.32. The minimum atomic E-state index is -0.301. The first-order valence-electron chi connectivity index (χ1n) is 7.13. The van der Waals surface area contributed by atoms with Crippen molar-refractivity contribution in [1.29, 1.82) is 0 Å². The van der Waals surface area contributed by atoms with Crippen molar-refractivity contribution in [2.24, 2.45) is 0 Å². The fraction of sp³-hybridized carbons (Fsp3) is 0.333. The molecule has 0 saturated heterocycles. The van der Waals surface area contributed by atoms with Crippen LogP contribution in [0.1, 0.15) is 21.2 Å². The molecule has 1 aromatic heterocycles. The molecule has 0 radical (unpaired) electrons. The third kappa shape index (κ3) is 5.76. The Bertz CT molecular complexity index is 645. The van der Waals surface area contributed by atoms with E-state index in [1.807, 2.05) is 18.2 Å². The number of anilines is 1. The highest BCUT2D eigenvalue weighted by atomic mass is 32.1. The van der Waals surface area contributed by atoms with Crippen molar-refractivity contribution >= 4 is 28.8 Å². The summed E-state index contributed by atoms with van der Waals surface area (Å²) in [6.07, 6.45) is 0.758. The lowest BCUT2D eigenvalue weighted by atomic mass is 10.3. The van der Waals surface area contributed by atoms with E-state index in [1.54, 1.807) is 19.2 Å². The van der Waals surface area contributed by atoms with Crippen molar-refractivity contribution in [2.45, 2.75) is 12.8 Å². The molecule has 0 atom stereocenters. The zero-order chi connectivity index (χ0) is 16.5. The molecule has 0 saturated carbocycles. The molecule has 8 heteroatoms. The van der Waals surface area contributed by atoms with Crippen molar-refractivity contribution in [2.75, 3.05) is 25.6 Å². The highest BCUT2D eigenvalue weighted by Gasteiger charge is 2.13. The number of nitrogens with zero attached hydrogens (tertiary/aromatic N) is 2. The molecule has 0 aliphatic carbocycles. The normalized spacial score (nSPS) is 10.3. The van der Waals surface area contributed by atoms with Gasteiger partial charge in [0.05, 0.1) is 6.61 Å². The van der Waals surface area contributed by atoms with Gasteiger partial charge in [-0.3, -0.25) is 9.59 Å². The van der Waals surface area contributed by atoms with E-state index in [2.05, 4.69) is 20.8 Å². The number of aromatic nitrogens is 2. The van der Waals surface area contributed by atoms with Crippen molar-refractivity contribution in [1.82, 2.24) is 15.5 Å². The monoisotopic (exact) mass is 334 g/mol. The zero-order valence-corrected chi connectivity index (χ0v) is 13.6. The quantitative estimate of drug-likeness (QED) is 0.713. The molecule has 0 spiro atoms. The first-order valence-corrected chi connectivity index (χ1v) is 7.95. The second kappa shape index (κ2) is 8.96. The summed E-state index contributed by atoms with van der Waals surface area (Å²) >= 11 is 1.19. The number of hydrogen-bond donors (Lipinski definition) is 2. The number of aryl methyl sites for hydroxylation is 1. The van der Waals surface area contributed by atoms with Gasteiger partial charge in [0.1, 0.15) is 5.01 Å². The summed E-state index contributed by atoms with van der Waals surface area (Å²) < 4.78 is 4.85. The van der Waals surface area contributed by atoms with E-state index in [0.29, 0.717) is 36.7 Å². The van der Waals surface area contributed by atoms with Crippen LogP contribution in [0, 0.1) is 0 Å². The highest BCUT2D eigenvalue weighted by molar-refractivity contribution is 7.13. The average Bonchev–Trinajstić information content (AvgIpc) is 3.03. The largest absolute Gasteiger partial charge is 0.383 e. The maximum Gasteiger partial charge on any atom is 0.286 e. The van der Waals surface area contributed by atoms with Gasteiger partial charge in [-0.05, 0) is 12.1 Å². The van der Waals surface area contributed by atoms with Gasteiger partial charge in [0, 0.05) is 32.2 Å². The van der Waals surface area contributed by atoms with Crippen LogP contribution in [-0.4, -0.2) is 42.3 Å². The zero-order valence-electron chi connectivity index (χ0n) is 12.7. The second-order valence-corrected chi connectivity index (χ2v) is 5.73. The topological polar surface area (TPSA) is 93.2 Å². The van der Waals surface area contributed by atoms with Gasteiger partial charge < -0.3 is 15.4 Å². The van der Waals surface area contributed by atoms with Gasteiger partial charge in [-0.15, -0.1) is 10.2 Å². The Morgan fingerprint density at radius 3 is 2.74 bits per heavy atom. The van der Waals surface area contributed by atoms with Crippen molar-refractivity contribution in [3.05, 3.63) is 40.3 Å². The molecule has 23 heavy (non-hydrogen) atoms. The predicted molar refractivity (Wildman–Crippen MR) is 87.5 cm³/mol. The average molecular weight is 334 g/mol. The molecule has 0 fully saturated rings. The van der Waals surface area contributed by atoms with Crippen LogP contribution in [0.2, 0.25) is 0 Å². The van der Waals surface area contributed by atoms with Gasteiger partial charge in [0.25, 0.3) is 5.91 Å². The number of hydrogen-bond acceptors (Lipinski definition) is 6. The Balaban J connectivity index is 1.81. The summed E-state index contributed by atoms with van der Waals surface area (Å²) in [5.41, 5.74) is 0.701. The first-order chi connectivity index (χ1) is 11.2. The Kier molecular flexibility index (Phi) is 6.64. The number of ether oxygens (including phenoxy) is 1. The number of methoxy groups -OCH3 is 1. The number of amides is 2. The molecule has 0 unspecified atom stereocenters. The smallest absolute Gasteiger partial charge is 0.286 e. The lowest BCUT2D eigenvalue weighted by Crippen LogP contribution is -2.27. The molecule has 0 aliphatic rings. The van der Waals surface area contributed by atoms with Crippen molar-refractivity contribution in [3.8, 4) is 0 Å². The minimum Gasteiger partial charge on any atom is -0.383 e. The van der Waals surface area contributed by atoms with E-state index in [9.17, 15) is 9.59 Å². The molecule has 2 rings (SSSR count). The molecular weight excluding hydrogens is 316 g/mol. The van der Waals surface area contributed by atoms with E-state index in [4.69, 9.17) is 4.74 Å². The minimum absolute atomic E-state index is 0.0764. The summed E-state index contributed by atoms with van der Waals surface area (Å²) in [5, 5.41) is 14.2. The van der Waals surface area contributed by atoms with Gasteiger partial charge in [0.15, 0.2) is 0 Å². The fourth-order valence-corrected chi connectivity index (χ4v) is 2.49. The Morgan fingerprint density at radius 2 is 2.00 bits per heavy atom. The summed E-state index contributed by atoms with van der Waals surface area (Å²) in [4.78, 5) is 23.6. The van der Waals surface area contributed by atoms with E-state index in [1.165, 1.54) is 11.3 Å². The van der Waals surface area contributed by atoms with E-state index in [-0.39, 0.29) is 16.8 Å². The van der Waals surface area contributed by atoms with Crippen molar-refractivity contribution in [3.63, 3.8) is 0 Å². The van der Waals surface area contributed by atoms with Crippen LogP contribution in [0.25, 0.3) is 0 Å². The van der Waals surface area contributed by atoms with Crippen molar-refractivity contribution < 1.29 is 14.3 Å². The van der Waals surface area contributed by atoms with Crippen LogP contribution in [0.3, 0.4) is 0 Å². The second-order valence-electron chi connectivity index (χ2n) is 4.66. The highest BCUT2D eigenvalue weighted by Crippen LogP contribution is 2.14. The van der Waals surface area contributed by atoms with Crippen LogP contribution in [0.4, 0.5) is 5.69 Å². The van der Waals surface area contributed by atoms with Crippen LogP contribution < -0.4 is 10.6 Å². The summed E-state index contributed by atoms with van der Waals surface area (Å²) in [5.74, 6) is -0.378. The van der Waals surface area contributed by atoms with E-state index >= 15 is 0 Å². The van der Waals surface area contributed by atoms with E-state index in [0.717, 1.165) is 0 Å². The maximum atomic E-state index is 12.0. The van der Waals surface area contributed by atoms with Gasteiger partial charge >= 0.3 is 0 Å². The molecule has 2 aromatic rings. The summed E-state index contributed by atoms with van der Waals surface area (Å²) in [6, 6.07) is 9.14. The SMILES string of the molecule is COCCNC(=O)CCc1nnc(C(=O)Nc2ccccc2)s1. The lowest BCUT2D eigenvalue weighted by molar-refractivity contribution is -0.121. The molecular formula is C15H18N4O3S. The molecule has 1 aromatic carbocycles. The number of nitrogens with one attached hydrogen (secondary N) is 2. The predicted octanol–water partition coefficient (Wildman–Crippen LogP) is 1.49. The van der Waals surface area contributed by atoms with Crippen LogP contribution in [0.5, 0.6) is 0 Å². The molecule has 2 amide bonds. The molecule has 0 bridgehead atoms. The number of benzene rings is 1. The van der Waals surface area contributed by atoms with Crippen LogP contribution in [-0.2, 0) is 16.0 Å². The third-order valence-corrected chi connectivity index (χ3v) is 3.87. The summed E-state index contributed by atoms with van der Waals surface area (Å²) in [6.45, 7) is 0.963. The van der Waals surface area contributed by atoms with Gasteiger partial charge in [-0.2, -0.15) is 0 Å². The third-order valence-electron chi connectivity index (χ3n) is 2.89.